The molecule has 1 N–H and O–H groups in total. The molecule has 4 rings (SSSR count). The highest BCUT2D eigenvalue weighted by atomic mass is 35.5. The predicted molar refractivity (Wildman–Crippen MR) is 93.1 cm³/mol. The Bertz CT molecular complexity index is 805. The van der Waals surface area contributed by atoms with Crippen molar-refractivity contribution in [3.8, 4) is 11.5 Å². The van der Waals surface area contributed by atoms with E-state index >= 15 is 0 Å². The minimum Gasteiger partial charge on any atom is -0.486 e. The summed E-state index contributed by atoms with van der Waals surface area (Å²) in [6.45, 7) is 3.06. The zero-order chi connectivity index (χ0) is 16.7. The van der Waals surface area contributed by atoms with E-state index in [1.54, 1.807) is 0 Å². The summed E-state index contributed by atoms with van der Waals surface area (Å²) in [4.78, 5) is 12.5. The van der Waals surface area contributed by atoms with E-state index < -0.39 is 0 Å². The van der Waals surface area contributed by atoms with Gasteiger partial charge in [-0.25, -0.2) is 0 Å². The standard InChI is InChI=1S/C19H18ClNO3/c1-11-15(20)3-2-4-16(11)21-19(22)14-10-13(14)12-5-6-17-18(9-12)24-8-7-23-17/h2-6,9,13-14H,7-8,10H2,1H3,(H,21,22)/t13-,14-/m0/s1. The van der Waals surface area contributed by atoms with E-state index in [1.807, 2.05) is 43.3 Å². The molecule has 24 heavy (non-hydrogen) atoms. The van der Waals surface area contributed by atoms with Gasteiger partial charge in [-0.05, 0) is 54.7 Å². The van der Waals surface area contributed by atoms with Crippen molar-refractivity contribution in [1.29, 1.82) is 0 Å². The Morgan fingerprint density at radius 3 is 2.79 bits per heavy atom. The largest absolute Gasteiger partial charge is 0.486 e. The molecule has 0 aromatic heterocycles. The van der Waals surface area contributed by atoms with Crippen LogP contribution in [0, 0.1) is 12.8 Å². The minimum absolute atomic E-state index is 0.00839. The lowest BCUT2D eigenvalue weighted by atomic mass is 10.1. The van der Waals surface area contributed by atoms with Crippen LogP contribution in [-0.2, 0) is 4.79 Å². The molecule has 2 aromatic carbocycles. The van der Waals surface area contributed by atoms with Gasteiger partial charge in [0.25, 0.3) is 0 Å². The lowest BCUT2D eigenvalue weighted by molar-refractivity contribution is -0.117. The molecule has 124 valence electrons. The van der Waals surface area contributed by atoms with E-state index in [9.17, 15) is 4.79 Å². The first-order valence-electron chi connectivity index (χ1n) is 8.09. The minimum atomic E-state index is -0.00839. The number of carbonyl (C=O) groups excluding carboxylic acids is 1. The van der Waals surface area contributed by atoms with Crippen molar-refractivity contribution in [2.24, 2.45) is 5.92 Å². The van der Waals surface area contributed by atoms with Crippen LogP contribution in [0.1, 0.15) is 23.5 Å². The fraction of sp³-hybridized carbons (Fsp3) is 0.316. The van der Waals surface area contributed by atoms with Crippen molar-refractivity contribution >= 4 is 23.2 Å². The van der Waals surface area contributed by atoms with E-state index in [0.717, 1.165) is 34.7 Å². The number of rotatable bonds is 3. The molecular formula is C19H18ClNO3. The highest BCUT2D eigenvalue weighted by molar-refractivity contribution is 6.31. The van der Waals surface area contributed by atoms with Crippen LogP contribution in [-0.4, -0.2) is 19.1 Å². The lowest BCUT2D eigenvalue weighted by Gasteiger charge is -2.18. The quantitative estimate of drug-likeness (QED) is 0.910. The number of hydrogen-bond donors (Lipinski definition) is 1. The number of halogens is 1. The summed E-state index contributed by atoms with van der Waals surface area (Å²) in [5.41, 5.74) is 2.80. The third-order valence-corrected chi connectivity index (χ3v) is 5.06. The summed E-state index contributed by atoms with van der Waals surface area (Å²) < 4.78 is 11.2. The normalized spacial score (nSPS) is 21.2. The average molecular weight is 344 g/mol. The number of fused-ring (bicyclic) bond motifs is 1. The Balaban J connectivity index is 1.46. The van der Waals surface area contributed by atoms with E-state index in [1.165, 1.54) is 0 Å². The Morgan fingerprint density at radius 2 is 1.96 bits per heavy atom. The Morgan fingerprint density at radius 1 is 1.17 bits per heavy atom. The molecule has 0 bridgehead atoms. The first kappa shape index (κ1) is 15.3. The van der Waals surface area contributed by atoms with Crippen LogP contribution in [0.25, 0.3) is 0 Å². The molecule has 1 saturated carbocycles. The fourth-order valence-electron chi connectivity index (χ4n) is 3.11. The average Bonchev–Trinajstić information content (AvgIpc) is 3.39. The number of amides is 1. The molecule has 0 saturated heterocycles. The summed E-state index contributed by atoms with van der Waals surface area (Å²) in [5, 5.41) is 3.65. The number of carbonyl (C=O) groups is 1. The molecule has 0 spiro atoms. The van der Waals surface area contributed by atoms with Crippen LogP contribution < -0.4 is 14.8 Å². The maximum atomic E-state index is 12.5. The Kier molecular flexibility index (Phi) is 3.85. The van der Waals surface area contributed by atoms with Gasteiger partial charge in [0.15, 0.2) is 11.5 Å². The smallest absolute Gasteiger partial charge is 0.228 e. The zero-order valence-electron chi connectivity index (χ0n) is 13.3. The first-order chi connectivity index (χ1) is 11.6. The van der Waals surface area contributed by atoms with Crippen molar-refractivity contribution in [1.82, 2.24) is 0 Å². The molecule has 1 fully saturated rings. The molecule has 5 heteroatoms. The van der Waals surface area contributed by atoms with Crippen molar-refractivity contribution in [3.05, 3.63) is 52.5 Å². The zero-order valence-corrected chi connectivity index (χ0v) is 14.1. The van der Waals surface area contributed by atoms with Gasteiger partial charge in [-0.2, -0.15) is 0 Å². The number of ether oxygens (including phenoxy) is 2. The van der Waals surface area contributed by atoms with Gasteiger partial charge in [0.1, 0.15) is 13.2 Å². The van der Waals surface area contributed by atoms with Gasteiger partial charge in [-0.15, -0.1) is 0 Å². The summed E-state index contributed by atoms with van der Waals surface area (Å²) >= 11 is 6.11. The van der Waals surface area contributed by atoms with Gasteiger partial charge in [0.05, 0.1) is 0 Å². The maximum Gasteiger partial charge on any atom is 0.228 e. The van der Waals surface area contributed by atoms with E-state index in [0.29, 0.717) is 18.2 Å². The molecule has 2 atom stereocenters. The number of hydrogen-bond acceptors (Lipinski definition) is 3. The Hall–Kier alpha value is -2.20. The van der Waals surface area contributed by atoms with Gasteiger partial charge in [0.2, 0.25) is 5.91 Å². The summed E-state index contributed by atoms with van der Waals surface area (Å²) in [7, 11) is 0. The van der Waals surface area contributed by atoms with Gasteiger partial charge < -0.3 is 14.8 Å². The first-order valence-corrected chi connectivity index (χ1v) is 8.47. The van der Waals surface area contributed by atoms with Gasteiger partial charge >= 0.3 is 0 Å². The lowest BCUT2D eigenvalue weighted by Crippen LogP contribution is -2.16. The fourth-order valence-corrected chi connectivity index (χ4v) is 3.29. The van der Waals surface area contributed by atoms with Crippen LogP contribution >= 0.6 is 11.6 Å². The third kappa shape index (κ3) is 2.82. The van der Waals surface area contributed by atoms with Crippen LogP contribution in [0.2, 0.25) is 5.02 Å². The van der Waals surface area contributed by atoms with Crippen LogP contribution in [0.4, 0.5) is 5.69 Å². The molecule has 2 aliphatic rings. The predicted octanol–water partition coefficient (Wildman–Crippen LogP) is 4.16. The summed E-state index contributed by atoms with van der Waals surface area (Å²) in [5.74, 6) is 1.82. The van der Waals surface area contributed by atoms with Crippen LogP contribution in [0.5, 0.6) is 11.5 Å². The molecule has 2 aromatic rings. The number of benzene rings is 2. The number of anilines is 1. The molecule has 0 radical (unpaired) electrons. The molecule has 4 nitrogen and oxygen atoms in total. The maximum absolute atomic E-state index is 12.5. The molecule has 1 aliphatic carbocycles. The number of nitrogens with one attached hydrogen (secondary N) is 1. The SMILES string of the molecule is Cc1c(Cl)cccc1NC(=O)[C@H]1C[C@H]1c1ccc2c(c1)OCCO2. The van der Waals surface area contributed by atoms with E-state index in [2.05, 4.69) is 5.32 Å². The summed E-state index contributed by atoms with van der Waals surface area (Å²) in [6, 6.07) is 11.5. The third-order valence-electron chi connectivity index (χ3n) is 4.65. The highest BCUT2D eigenvalue weighted by Crippen LogP contribution is 2.49. The van der Waals surface area contributed by atoms with Gasteiger partial charge in [-0.3, -0.25) is 4.79 Å². The van der Waals surface area contributed by atoms with Gasteiger partial charge in [-0.1, -0.05) is 23.7 Å². The van der Waals surface area contributed by atoms with Crippen LogP contribution in [0.15, 0.2) is 36.4 Å². The van der Waals surface area contributed by atoms with Gasteiger partial charge in [0, 0.05) is 16.6 Å². The Labute approximate surface area is 145 Å². The van der Waals surface area contributed by atoms with Crippen molar-refractivity contribution < 1.29 is 14.3 Å². The second-order valence-corrected chi connectivity index (χ2v) is 6.66. The van der Waals surface area contributed by atoms with Crippen molar-refractivity contribution in [3.63, 3.8) is 0 Å². The second-order valence-electron chi connectivity index (χ2n) is 6.25. The molecule has 1 heterocycles. The topological polar surface area (TPSA) is 47.6 Å². The molecule has 0 unspecified atom stereocenters. The second kappa shape index (κ2) is 6.02. The van der Waals surface area contributed by atoms with Crippen molar-refractivity contribution in [2.75, 3.05) is 18.5 Å². The highest BCUT2D eigenvalue weighted by Gasteiger charge is 2.44. The van der Waals surface area contributed by atoms with E-state index in [-0.39, 0.29) is 17.7 Å². The monoisotopic (exact) mass is 343 g/mol. The molecular weight excluding hydrogens is 326 g/mol. The molecule has 1 amide bonds. The van der Waals surface area contributed by atoms with Crippen LogP contribution in [0.3, 0.4) is 0 Å². The summed E-state index contributed by atoms with van der Waals surface area (Å²) in [6.07, 6.45) is 0.852. The van der Waals surface area contributed by atoms with Crippen molar-refractivity contribution in [2.45, 2.75) is 19.3 Å². The molecule has 1 aliphatic heterocycles. The van der Waals surface area contributed by atoms with E-state index in [4.69, 9.17) is 21.1 Å².